The molecule has 1 atom stereocenters. The fourth-order valence-electron chi connectivity index (χ4n) is 4.43. The van der Waals surface area contributed by atoms with Crippen molar-refractivity contribution in [1.29, 1.82) is 0 Å². The molecule has 174 valence electrons. The molecule has 1 saturated heterocycles. The maximum atomic E-state index is 5.16. The molecule has 32 heavy (non-hydrogen) atoms. The summed E-state index contributed by atoms with van der Waals surface area (Å²) in [5, 5.41) is 11.5. The van der Waals surface area contributed by atoms with Gasteiger partial charge in [-0.3, -0.25) is 0 Å². The summed E-state index contributed by atoms with van der Waals surface area (Å²) in [6, 6.07) is 9.18. The van der Waals surface area contributed by atoms with E-state index in [0.29, 0.717) is 13.2 Å². The van der Waals surface area contributed by atoms with Gasteiger partial charge in [0.2, 0.25) is 0 Å². The maximum absolute atomic E-state index is 5.16. The molecule has 4 rings (SSSR count). The van der Waals surface area contributed by atoms with Crippen LogP contribution in [0.1, 0.15) is 50.3 Å². The number of nitrogens with one attached hydrogen (secondary N) is 2. The summed E-state index contributed by atoms with van der Waals surface area (Å²) >= 11 is 0. The number of rotatable bonds is 7. The predicted octanol–water partition coefficient (Wildman–Crippen LogP) is 2.73. The number of methoxy groups -OCH3 is 1. The summed E-state index contributed by atoms with van der Waals surface area (Å²) in [6.45, 7) is 9.51. The SMILES string of the molecule is CCNC(=NCc1ccc(N2CCC(C)CC2)cc1)NC1CCc2nc(COC)nn2C1. The van der Waals surface area contributed by atoms with Crippen LogP contribution in [0.2, 0.25) is 0 Å². The van der Waals surface area contributed by atoms with Crippen molar-refractivity contribution in [1.82, 2.24) is 25.4 Å². The van der Waals surface area contributed by atoms with Crippen molar-refractivity contribution < 1.29 is 4.74 Å². The van der Waals surface area contributed by atoms with Crippen LogP contribution in [0.15, 0.2) is 29.3 Å². The molecule has 2 N–H and O–H groups in total. The first-order valence-corrected chi connectivity index (χ1v) is 11.9. The molecule has 1 unspecified atom stereocenters. The number of guanidine groups is 1. The lowest BCUT2D eigenvalue weighted by molar-refractivity contribution is 0.177. The Morgan fingerprint density at radius 1 is 1.19 bits per heavy atom. The molecular formula is C24H37N7O. The van der Waals surface area contributed by atoms with Crippen LogP contribution < -0.4 is 15.5 Å². The van der Waals surface area contributed by atoms with Crippen LogP contribution in [-0.2, 0) is 30.9 Å². The Kier molecular flexibility index (Phi) is 7.63. The van der Waals surface area contributed by atoms with Gasteiger partial charge >= 0.3 is 0 Å². The molecule has 2 aliphatic rings. The van der Waals surface area contributed by atoms with Crippen molar-refractivity contribution >= 4 is 11.6 Å². The van der Waals surface area contributed by atoms with Crippen molar-refractivity contribution in [2.24, 2.45) is 10.9 Å². The standard InChI is InChI=1S/C24H37N7O/c1-4-25-24(27-20-7-10-23-28-22(17-32-3)29-31(23)16-20)26-15-19-5-8-21(9-6-19)30-13-11-18(2)12-14-30/h5-6,8-9,18,20H,4,7,10-17H2,1-3H3,(H2,25,26,27). The van der Waals surface area contributed by atoms with Gasteiger partial charge < -0.3 is 20.3 Å². The molecule has 2 aromatic rings. The predicted molar refractivity (Wildman–Crippen MR) is 128 cm³/mol. The molecule has 0 radical (unpaired) electrons. The summed E-state index contributed by atoms with van der Waals surface area (Å²) in [7, 11) is 1.67. The molecule has 1 aromatic heterocycles. The van der Waals surface area contributed by atoms with E-state index < -0.39 is 0 Å². The number of hydrogen-bond acceptors (Lipinski definition) is 5. The highest BCUT2D eigenvalue weighted by Gasteiger charge is 2.22. The van der Waals surface area contributed by atoms with Crippen LogP contribution in [0, 0.1) is 5.92 Å². The lowest BCUT2D eigenvalue weighted by Gasteiger charge is -2.32. The molecule has 1 aromatic carbocycles. The Morgan fingerprint density at radius 2 is 1.97 bits per heavy atom. The normalized spacial score (nSPS) is 19.7. The average molecular weight is 440 g/mol. The van der Waals surface area contributed by atoms with E-state index in [4.69, 9.17) is 9.73 Å². The molecule has 1 fully saturated rings. The summed E-state index contributed by atoms with van der Waals surface area (Å²) in [5.74, 6) is 3.50. The van der Waals surface area contributed by atoms with E-state index in [1.54, 1.807) is 7.11 Å². The number of benzene rings is 1. The number of ether oxygens (including phenoxy) is 1. The Labute approximate surface area is 191 Å². The molecule has 8 heteroatoms. The van der Waals surface area contributed by atoms with E-state index in [9.17, 15) is 0 Å². The van der Waals surface area contributed by atoms with Gasteiger partial charge in [0.25, 0.3) is 0 Å². The Bertz CT molecular complexity index is 884. The van der Waals surface area contributed by atoms with E-state index in [2.05, 4.69) is 63.7 Å². The minimum absolute atomic E-state index is 0.279. The van der Waals surface area contributed by atoms with Crippen molar-refractivity contribution in [3.63, 3.8) is 0 Å². The van der Waals surface area contributed by atoms with Crippen molar-refractivity contribution in [2.75, 3.05) is 31.6 Å². The minimum atomic E-state index is 0.279. The number of aryl methyl sites for hydroxylation is 1. The molecule has 0 saturated carbocycles. The number of nitrogens with zero attached hydrogens (tertiary/aromatic N) is 5. The first-order valence-electron chi connectivity index (χ1n) is 11.9. The number of aliphatic imine (C=N–C) groups is 1. The second-order valence-electron chi connectivity index (χ2n) is 8.97. The quantitative estimate of drug-likeness (QED) is 0.510. The van der Waals surface area contributed by atoms with E-state index >= 15 is 0 Å². The molecule has 0 spiro atoms. The third-order valence-corrected chi connectivity index (χ3v) is 6.37. The summed E-state index contributed by atoms with van der Waals surface area (Å²) < 4.78 is 7.16. The second kappa shape index (κ2) is 10.8. The lowest BCUT2D eigenvalue weighted by atomic mass is 9.99. The van der Waals surface area contributed by atoms with E-state index in [-0.39, 0.29) is 6.04 Å². The monoisotopic (exact) mass is 439 g/mol. The van der Waals surface area contributed by atoms with E-state index in [1.807, 2.05) is 4.68 Å². The van der Waals surface area contributed by atoms with Crippen LogP contribution in [-0.4, -0.2) is 53.5 Å². The van der Waals surface area contributed by atoms with E-state index in [0.717, 1.165) is 62.5 Å². The fraction of sp³-hybridized carbons (Fsp3) is 0.625. The zero-order valence-corrected chi connectivity index (χ0v) is 19.7. The third-order valence-electron chi connectivity index (χ3n) is 6.37. The minimum Gasteiger partial charge on any atom is -0.377 e. The largest absolute Gasteiger partial charge is 0.377 e. The fourth-order valence-corrected chi connectivity index (χ4v) is 4.43. The smallest absolute Gasteiger partial charge is 0.191 e. The molecular weight excluding hydrogens is 402 g/mol. The Hall–Kier alpha value is -2.61. The van der Waals surface area contributed by atoms with Crippen LogP contribution in [0.25, 0.3) is 0 Å². The lowest BCUT2D eigenvalue weighted by Crippen LogP contribution is -2.47. The number of piperidine rings is 1. The zero-order valence-electron chi connectivity index (χ0n) is 19.7. The topological polar surface area (TPSA) is 79.6 Å². The van der Waals surface area contributed by atoms with Gasteiger partial charge in [-0.1, -0.05) is 19.1 Å². The van der Waals surface area contributed by atoms with E-state index in [1.165, 1.54) is 24.1 Å². The van der Waals surface area contributed by atoms with Crippen LogP contribution in [0.4, 0.5) is 5.69 Å². The van der Waals surface area contributed by atoms with Gasteiger partial charge in [0.05, 0.1) is 13.1 Å². The van der Waals surface area contributed by atoms with Gasteiger partial charge in [0.1, 0.15) is 12.4 Å². The van der Waals surface area contributed by atoms with Gasteiger partial charge in [-0.2, -0.15) is 5.10 Å². The van der Waals surface area contributed by atoms with Crippen molar-refractivity contribution in [3.05, 3.63) is 41.5 Å². The van der Waals surface area contributed by atoms with Crippen molar-refractivity contribution in [3.8, 4) is 0 Å². The van der Waals surface area contributed by atoms with Gasteiger partial charge in [-0.05, 0) is 49.8 Å². The third kappa shape index (κ3) is 5.79. The summed E-state index contributed by atoms with van der Waals surface area (Å²) in [5.41, 5.74) is 2.55. The van der Waals surface area contributed by atoms with Gasteiger partial charge in [0, 0.05) is 44.9 Å². The highest BCUT2D eigenvalue weighted by atomic mass is 16.5. The number of anilines is 1. The van der Waals surface area contributed by atoms with Crippen molar-refractivity contribution in [2.45, 2.75) is 65.3 Å². The first kappa shape index (κ1) is 22.6. The molecule has 0 amide bonds. The van der Waals surface area contributed by atoms with Gasteiger partial charge in [-0.25, -0.2) is 14.7 Å². The van der Waals surface area contributed by atoms with Gasteiger partial charge in [0.15, 0.2) is 11.8 Å². The zero-order chi connectivity index (χ0) is 22.3. The Morgan fingerprint density at radius 3 is 2.69 bits per heavy atom. The average Bonchev–Trinajstić information content (AvgIpc) is 3.20. The highest BCUT2D eigenvalue weighted by Crippen LogP contribution is 2.23. The number of hydrogen-bond donors (Lipinski definition) is 2. The molecule has 0 aliphatic carbocycles. The molecule has 0 bridgehead atoms. The van der Waals surface area contributed by atoms with Crippen LogP contribution in [0.5, 0.6) is 0 Å². The first-order chi connectivity index (χ1) is 15.6. The highest BCUT2D eigenvalue weighted by molar-refractivity contribution is 5.80. The molecule has 3 heterocycles. The molecule has 8 nitrogen and oxygen atoms in total. The van der Waals surface area contributed by atoms with Crippen LogP contribution in [0.3, 0.4) is 0 Å². The van der Waals surface area contributed by atoms with Crippen LogP contribution >= 0.6 is 0 Å². The summed E-state index contributed by atoms with van der Waals surface area (Å²) in [6.07, 6.45) is 4.49. The Balaban J connectivity index is 1.33. The number of aromatic nitrogens is 3. The summed E-state index contributed by atoms with van der Waals surface area (Å²) in [4.78, 5) is 11.9. The number of fused-ring (bicyclic) bond motifs is 1. The maximum Gasteiger partial charge on any atom is 0.191 e. The second-order valence-corrected chi connectivity index (χ2v) is 8.97. The van der Waals surface area contributed by atoms with Gasteiger partial charge in [-0.15, -0.1) is 0 Å². The molecule has 2 aliphatic heterocycles.